The summed E-state index contributed by atoms with van der Waals surface area (Å²) in [6.45, 7) is 3.80. The van der Waals surface area contributed by atoms with Crippen molar-refractivity contribution in [2.24, 2.45) is 11.0 Å². The van der Waals surface area contributed by atoms with E-state index in [1.807, 2.05) is 13.8 Å². The van der Waals surface area contributed by atoms with Crippen LogP contribution in [0.15, 0.2) is 64.6 Å². The van der Waals surface area contributed by atoms with Crippen LogP contribution in [0, 0.1) is 5.92 Å². The Morgan fingerprint density at radius 2 is 1.69 bits per heavy atom. The Balaban J connectivity index is 2.25. The zero-order valence-corrected chi connectivity index (χ0v) is 17.3. The van der Waals surface area contributed by atoms with E-state index in [2.05, 4.69) is 10.0 Å². The van der Waals surface area contributed by atoms with Crippen molar-refractivity contribution >= 4 is 10.0 Å². The summed E-state index contributed by atoms with van der Waals surface area (Å²) in [5.41, 5.74) is 9.65. The summed E-state index contributed by atoms with van der Waals surface area (Å²) >= 11 is 0. The Morgan fingerprint density at radius 1 is 1.07 bits per heavy atom. The first-order valence-corrected chi connectivity index (χ1v) is 10.7. The highest BCUT2D eigenvalue weighted by atomic mass is 32.2. The minimum absolute atomic E-state index is 0.0377. The SMILES string of the molecule is CC(C)CN(CC(O)[C@H](Cc1ccc(O)cc1)N=[N+]=[N-])S(=O)(=O)c1ccccc1. The van der Waals surface area contributed by atoms with Crippen LogP contribution in [0.3, 0.4) is 0 Å². The molecule has 0 saturated heterocycles. The highest BCUT2D eigenvalue weighted by molar-refractivity contribution is 7.89. The molecule has 29 heavy (non-hydrogen) atoms. The lowest BCUT2D eigenvalue weighted by atomic mass is 10.0. The molecular weight excluding hydrogens is 392 g/mol. The van der Waals surface area contributed by atoms with Crippen LogP contribution in [0.5, 0.6) is 5.75 Å². The number of phenolic OH excluding ortho intramolecular Hbond substituents is 1. The molecule has 0 aliphatic rings. The summed E-state index contributed by atoms with van der Waals surface area (Å²) in [7, 11) is -3.81. The molecule has 2 aromatic rings. The number of aliphatic hydroxyl groups is 1. The van der Waals surface area contributed by atoms with Gasteiger partial charge in [0, 0.05) is 18.0 Å². The summed E-state index contributed by atoms with van der Waals surface area (Å²) < 4.78 is 27.4. The van der Waals surface area contributed by atoms with Crippen molar-refractivity contribution in [1.82, 2.24) is 4.31 Å². The molecule has 8 nitrogen and oxygen atoms in total. The zero-order chi connectivity index (χ0) is 21.4. The van der Waals surface area contributed by atoms with Crippen molar-refractivity contribution in [3.05, 3.63) is 70.6 Å². The van der Waals surface area contributed by atoms with Gasteiger partial charge in [-0.05, 0) is 47.7 Å². The van der Waals surface area contributed by atoms with Crippen LogP contribution < -0.4 is 0 Å². The first-order chi connectivity index (χ1) is 13.7. The Bertz CT molecular complexity index is 927. The van der Waals surface area contributed by atoms with Gasteiger partial charge in [0.1, 0.15) is 5.75 Å². The van der Waals surface area contributed by atoms with E-state index in [1.165, 1.54) is 28.6 Å². The fourth-order valence-corrected chi connectivity index (χ4v) is 4.59. The van der Waals surface area contributed by atoms with Gasteiger partial charge in [-0.1, -0.05) is 49.3 Å². The van der Waals surface area contributed by atoms with E-state index in [-0.39, 0.29) is 36.1 Å². The minimum Gasteiger partial charge on any atom is -0.508 e. The average molecular weight is 419 g/mol. The van der Waals surface area contributed by atoms with Gasteiger partial charge in [-0.2, -0.15) is 4.31 Å². The number of rotatable bonds is 10. The van der Waals surface area contributed by atoms with Gasteiger partial charge in [-0.15, -0.1) is 0 Å². The highest BCUT2D eigenvalue weighted by Gasteiger charge is 2.30. The lowest BCUT2D eigenvalue weighted by Gasteiger charge is -2.28. The molecule has 0 radical (unpaired) electrons. The highest BCUT2D eigenvalue weighted by Crippen LogP contribution is 2.20. The second kappa shape index (κ2) is 10.3. The lowest BCUT2D eigenvalue weighted by molar-refractivity contribution is 0.116. The van der Waals surface area contributed by atoms with E-state index < -0.39 is 22.2 Å². The molecule has 9 heteroatoms. The number of nitrogens with zero attached hydrogens (tertiary/aromatic N) is 4. The summed E-state index contributed by atoms with van der Waals surface area (Å²) in [6.07, 6.45) is -0.983. The first-order valence-electron chi connectivity index (χ1n) is 9.29. The maximum atomic E-state index is 13.1. The molecule has 0 fully saturated rings. The molecule has 1 unspecified atom stereocenters. The number of sulfonamides is 1. The Labute approximate surface area is 171 Å². The standard InChI is InChI=1S/C20H26N4O4S/c1-15(2)13-24(29(27,28)18-6-4-3-5-7-18)14-20(26)19(22-23-21)12-16-8-10-17(25)11-9-16/h3-11,15,19-20,25-26H,12-14H2,1-2H3/t19-,20?/m0/s1. The maximum absolute atomic E-state index is 13.1. The van der Waals surface area contributed by atoms with Crippen LogP contribution in [0.4, 0.5) is 0 Å². The van der Waals surface area contributed by atoms with Gasteiger partial charge in [-0.25, -0.2) is 8.42 Å². The predicted octanol–water partition coefficient (Wildman–Crippen LogP) is 3.32. The predicted molar refractivity (Wildman–Crippen MR) is 111 cm³/mol. The summed E-state index contributed by atoms with van der Waals surface area (Å²) in [6, 6.07) is 13.5. The molecule has 2 aromatic carbocycles. The minimum atomic E-state index is -3.81. The molecule has 0 saturated carbocycles. The molecule has 156 valence electrons. The van der Waals surface area contributed by atoms with Crippen LogP contribution >= 0.6 is 0 Å². The van der Waals surface area contributed by atoms with E-state index in [0.717, 1.165) is 5.56 Å². The van der Waals surface area contributed by atoms with Crippen molar-refractivity contribution in [2.75, 3.05) is 13.1 Å². The number of phenols is 1. The molecule has 0 aromatic heterocycles. The normalized spacial score (nSPS) is 13.8. The third kappa shape index (κ3) is 6.47. The number of hydrogen-bond acceptors (Lipinski definition) is 5. The van der Waals surface area contributed by atoms with Gasteiger partial charge in [-0.3, -0.25) is 0 Å². The van der Waals surface area contributed by atoms with Crippen molar-refractivity contribution in [1.29, 1.82) is 0 Å². The topological polar surface area (TPSA) is 127 Å². The van der Waals surface area contributed by atoms with E-state index in [1.54, 1.807) is 30.3 Å². The zero-order valence-electron chi connectivity index (χ0n) is 16.5. The fourth-order valence-electron chi connectivity index (χ4n) is 2.94. The number of aromatic hydroxyl groups is 1. The van der Waals surface area contributed by atoms with Crippen LogP contribution in [-0.4, -0.2) is 48.2 Å². The number of aliphatic hydroxyl groups excluding tert-OH is 1. The molecule has 0 amide bonds. The maximum Gasteiger partial charge on any atom is 0.243 e. The van der Waals surface area contributed by atoms with Crippen molar-refractivity contribution in [3.63, 3.8) is 0 Å². The molecule has 2 rings (SSSR count). The van der Waals surface area contributed by atoms with E-state index >= 15 is 0 Å². The number of benzene rings is 2. The number of hydrogen-bond donors (Lipinski definition) is 2. The average Bonchev–Trinajstić information content (AvgIpc) is 2.69. The third-order valence-corrected chi connectivity index (χ3v) is 6.21. The molecule has 0 spiro atoms. The second-order valence-electron chi connectivity index (χ2n) is 7.24. The van der Waals surface area contributed by atoms with Gasteiger partial charge in [0.2, 0.25) is 10.0 Å². The Morgan fingerprint density at radius 3 is 2.24 bits per heavy atom. The Hall–Kier alpha value is -2.58. The monoisotopic (exact) mass is 418 g/mol. The number of azide groups is 1. The van der Waals surface area contributed by atoms with Crippen LogP contribution in [-0.2, 0) is 16.4 Å². The van der Waals surface area contributed by atoms with Gasteiger partial charge >= 0.3 is 0 Å². The molecule has 2 atom stereocenters. The van der Waals surface area contributed by atoms with Crippen LogP contribution in [0.25, 0.3) is 10.4 Å². The molecule has 0 heterocycles. The van der Waals surface area contributed by atoms with E-state index in [9.17, 15) is 18.6 Å². The van der Waals surface area contributed by atoms with Crippen molar-refractivity contribution in [3.8, 4) is 5.75 Å². The fraction of sp³-hybridized carbons (Fsp3) is 0.400. The lowest BCUT2D eigenvalue weighted by Crippen LogP contribution is -2.43. The molecule has 0 aliphatic carbocycles. The second-order valence-corrected chi connectivity index (χ2v) is 9.18. The van der Waals surface area contributed by atoms with E-state index in [4.69, 9.17) is 5.53 Å². The first kappa shape index (κ1) is 22.7. The quantitative estimate of drug-likeness (QED) is 0.348. The van der Waals surface area contributed by atoms with Gasteiger partial charge in [0.15, 0.2) is 0 Å². The molecule has 2 N–H and O–H groups in total. The summed E-state index contributed by atoms with van der Waals surface area (Å²) in [4.78, 5) is 2.95. The van der Waals surface area contributed by atoms with Crippen LogP contribution in [0.1, 0.15) is 19.4 Å². The smallest absolute Gasteiger partial charge is 0.243 e. The van der Waals surface area contributed by atoms with Gasteiger partial charge in [0.05, 0.1) is 17.0 Å². The Kier molecular flexibility index (Phi) is 8.04. The summed E-state index contributed by atoms with van der Waals surface area (Å²) in [5.74, 6) is 0.141. The third-order valence-electron chi connectivity index (χ3n) is 4.37. The largest absolute Gasteiger partial charge is 0.508 e. The van der Waals surface area contributed by atoms with Crippen molar-refractivity contribution in [2.45, 2.75) is 37.3 Å². The van der Waals surface area contributed by atoms with E-state index in [0.29, 0.717) is 0 Å². The summed E-state index contributed by atoms with van der Waals surface area (Å²) in [5, 5.41) is 23.8. The van der Waals surface area contributed by atoms with Crippen LogP contribution in [0.2, 0.25) is 0 Å². The molecular formula is C20H26N4O4S. The van der Waals surface area contributed by atoms with Gasteiger partial charge < -0.3 is 10.2 Å². The molecule has 0 bridgehead atoms. The van der Waals surface area contributed by atoms with Crippen molar-refractivity contribution < 1.29 is 18.6 Å². The van der Waals surface area contributed by atoms with Gasteiger partial charge in [0.25, 0.3) is 0 Å². The molecule has 0 aliphatic heterocycles.